The fourth-order valence-corrected chi connectivity index (χ4v) is 6.85. The van der Waals surface area contributed by atoms with Crippen molar-refractivity contribution in [3.05, 3.63) is 24.8 Å². The number of carbonyl (C=O) groups is 2. The second kappa shape index (κ2) is 6.57. The first-order valence-corrected chi connectivity index (χ1v) is 11.2. The van der Waals surface area contributed by atoms with Gasteiger partial charge in [0, 0.05) is 11.8 Å². The summed E-state index contributed by atoms with van der Waals surface area (Å²) in [6.07, 6.45) is 13.6. The SMILES string of the molecule is C=CC(C)(C)C(=O)O[C@H]1CC[C@@]2(C)[C@H](C=C[C@@H]3[C@@H]2CC[C@]2(C)C(=O)CC[C@@H]32)C1. The van der Waals surface area contributed by atoms with Gasteiger partial charge in [-0.25, -0.2) is 0 Å². The predicted octanol–water partition coefficient (Wildman–Crippen LogP) is 5.50. The number of esters is 1. The van der Waals surface area contributed by atoms with Crippen LogP contribution in [-0.4, -0.2) is 17.9 Å². The van der Waals surface area contributed by atoms with Gasteiger partial charge >= 0.3 is 5.97 Å². The first-order valence-electron chi connectivity index (χ1n) is 11.2. The molecule has 28 heavy (non-hydrogen) atoms. The second-order valence-electron chi connectivity index (χ2n) is 10.9. The highest BCUT2D eigenvalue weighted by molar-refractivity contribution is 5.87. The molecule has 0 bridgehead atoms. The molecule has 0 unspecified atom stereocenters. The van der Waals surface area contributed by atoms with Crippen LogP contribution in [0, 0.1) is 39.9 Å². The molecule has 0 amide bonds. The Hall–Kier alpha value is -1.38. The van der Waals surface area contributed by atoms with Crippen molar-refractivity contribution in [2.75, 3.05) is 0 Å². The van der Waals surface area contributed by atoms with Gasteiger partial charge in [-0.2, -0.15) is 0 Å². The number of hydrogen-bond acceptors (Lipinski definition) is 3. The molecule has 4 aliphatic rings. The van der Waals surface area contributed by atoms with Crippen molar-refractivity contribution in [1.82, 2.24) is 0 Å². The van der Waals surface area contributed by atoms with Crippen LogP contribution in [0.5, 0.6) is 0 Å². The summed E-state index contributed by atoms with van der Waals surface area (Å²) in [4.78, 5) is 25.0. The lowest BCUT2D eigenvalue weighted by atomic mass is 9.47. The minimum absolute atomic E-state index is 0.00733. The Labute approximate surface area is 170 Å². The van der Waals surface area contributed by atoms with Crippen LogP contribution in [0.2, 0.25) is 0 Å². The van der Waals surface area contributed by atoms with E-state index in [9.17, 15) is 9.59 Å². The van der Waals surface area contributed by atoms with Crippen LogP contribution in [0.25, 0.3) is 0 Å². The molecule has 0 radical (unpaired) electrons. The van der Waals surface area contributed by atoms with Crippen LogP contribution in [0.3, 0.4) is 0 Å². The lowest BCUT2D eigenvalue weighted by molar-refractivity contribution is -0.163. The maximum Gasteiger partial charge on any atom is 0.315 e. The van der Waals surface area contributed by atoms with Crippen LogP contribution in [0.15, 0.2) is 24.8 Å². The summed E-state index contributed by atoms with van der Waals surface area (Å²) >= 11 is 0. The molecule has 0 saturated heterocycles. The van der Waals surface area contributed by atoms with Crippen LogP contribution < -0.4 is 0 Å². The standard InChI is InChI=1S/C25H36O3/c1-6-23(2,3)22(27)28-17-11-13-24(4)16(15-17)7-8-18-19-9-10-21(26)25(19,5)14-12-20(18)24/h6-8,16-20H,1,9-15H2,2-5H3/t16-,17+,18+,19+,20+,24+,25+/m1/s1. The summed E-state index contributed by atoms with van der Waals surface area (Å²) in [7, 11) is 0. The Morgan fingerprint density at radius 2 is 1.93 bits per heavy atom. The Kier molecular flexibility index (Phi) is 4.67. The monoisotopic (exact) mass is 384 g/mol. The van der Waals surface area contributed by atoms with Crippen molar-refractivity contribution in [2.45, 2.75) is 78.7 Å². The summed E-state index contributed by atoms with van der Waals surface area (Å²) in [5.41, 5.74) is -0.446. The lowest BCUT2D eigenvalue weighted by Crippen LogP contribution is -2.52. The number of carbonyl (C=O) groups excluding carboxylic acids is 2. The molecule has 0 aromatic heterocycles. The van der Waals surface area contributed by atoms with Crippen molar-refractivity contribution in [1.29, 1.82) is 0 Å². The first kappa shape index (κ1) is 19.9. The van der Waals surface area contributed by atoms with Crippen molar-refractivity contribution >= 4 is 11.8 Å². The minimum Gasteiger partial charge on any atom is -0.462 e. The van der Waals surface area contributed by atoms with Gasteiger partial charge in [0.25, 0.3) is 0 Å². The van der Waals surface area contributed by atoms with Gasteiger partial charge in [-0.1, -0.05) is 32.1 Å². The van der Waals surface area contributed by atoms with Crippen molar-refractivity contribution in [3.8, 4) is 0 Å². The third-order valence-electron chi connectivity index (χ3n) is 9.13. The molecule has 4 aliphatic carbocycles. The Balaban J connectivity index is 1.51. The highest BCUT2D eigenvalue weighted by atomic mass is 16.5. The molecule has 154 valence electrons. The molecular weight excluding hydrogens is 348 g/mol. The third kappa shape index (κ3) is 2.83. The molecule has 0 N–H and O–H groups in total. The molecule has 0 heterocycles. The second-order valence-corrected chi connectivity index (χ2v) is 10.9. The molecule has 0 aromatic carbocycles. The van der Waals surface area contributed by atoms with Gasteiger partial charge in [-0.15, -0.1) is 6.58 Å². The van der Waals surface area contributed by atoms with Crippen LogP contribution in [-0.2, 0) is 14.3 Å². The molecule has 7 atom stereocenters. The van der Waals surface area contributed by atoms with Crippen LogP contribution >= 0.6 is 0 Å². The molecular formula is C25H36O3. The largest absolute Gasteiger partial charge is 0.462 e. The maximum atomic E-state index is 12.5. The molecule has 4 rings (SSSR count). The molecule has 0 spiro atoms. The number of ether oxygens (including phenoxy) is 1. The number of Topliss-reactive ketones (excluding diaryl/α,β-unsaturated/α-hetero) is 1. The Morgan fingerprint density at radius 3 is 2.64 bits per heavy atom. The average molecular weight is 385 g/mol. The molecule has 3 nitrogen and oxygen atoms in total. The fourth-order valence-electron chi connectivity index (χ4n) is 6.85. The quantitative estimate of drug-likeness (QED) is 0.477. The summed E-state index contributed by atoms with van der Waals surface area (Å²) in [5.74, 6) is 2.53. The van der Waals surface area contributed by atoms with E-state index in [1.165, 1.54) is 0 Å². The van der Waals surface area contributed by atoms with E-state index in [0.29, 0.717) is 29.5 Å². The number of rotatable bonds is 3. The Bertz CT molecular complexity index is 719. The smallest absolute Gasteiger partial charge is 0.315 e. The molecule has 3 fully saturated rings. The van der Waals surface area contributed by atoms with E-state index < -0.39 is 5.41 Å². The van der Waals surface area contributed by atoms with Gasteiger partial charge in [0.15, 0.2) is 0 Å². The lowest BCUT2D eigenvalue weighted by Gasteiger charge is -2.57. The van der Waals surface area contributed by atoms with E-state index in [2.05, 4.69) is 32.6 Å². The van der Waals surface area contributed by atoms with Gasteiger partial charge in [-0.05, 0) is 81.5 Å². The number of allylic oxidation sites excluding steroid dienone is 2. The molecule has 3 saturated carbocycles. The number of fused-ring (bicyclic) bond motifs is 5. The van der Waals surface area contributed by atoms with Crippen molar-refractivity contribution in [2.24, 2.45) is 39.9 Å². The van der Waals surface area contributed by atoms with Gasteiger partial charge in [0.05, 0.1) is 5.41 Å². The normalized spacial score (nSPS) is 45.0. The van der Waals surface area contributed by atoms with Crippen LogP contribution in [0.1, 0.15) is 72.6 Å². The highest BCUT2D eigenvalue weighted by Gasteiger charge is 2.59. The third-order valence-corrected chi connectivity index (χ3v) is 9.13. The number of ketones is 1. The van der Waals surface area contributed by atoms with E-state index in [1.807, 2.05) is 13.8 Å². The van der Waals surface area contributed by atoms with E-state index in [-0.39, 0.29) is 22.9 Å². The summed E-state index contributed by atoms with van der Waals surface area (Å²) in [6, 6.07) is 0. The zero-order valence-corrected chi connectivity index (χ0v) is 18.0. The first-order chi connectivity index (χ1) is 13.1. The molecule has 3 heteroatoms. The van der Waals surface area contributed by atoms with Gasteiger partial charge in [0.2, 0.25) is 0 Å². The van der Waals surface area contributed by atoms with E-state index in [0.717, 1.165) is 44.9 Å². The fraction of sp³-hybridized carbons (Fsp3) is 0.760. The zero-order chi connectivity index (χ0) is 20.3. The van der Waals surface area contributed by atoms with E-state index >= 15 is 0 Å². The Morgan fingerprint density at radius 1 is 1.18 bits per heavy atom. The summed E-state index contributed by atoms with van der Waals surface area (Å²) in [5, 5.41) is 0. The maximum absolute atomic E-state index is 12.5. The van der Waals surface area contributed by atoms with Gasteiger partial charge in [-0.3, -0.25) is 9.59 Å². The van der Waals surface area contributed by atoms with Gasteiger partial charge < -0.3 is 4.74 Å². The van der Waals surface area contributed by atoms with Crippen molar-refractivity contribution < 1.29 is 14.3 Å². The molecule has 0 aliphatic heterocycles. The van der Waals surface area contributed by atoms with E-state index in [4.69, 9.17) is 4.74 Å². The zero-order valence-electron chi connectivity index (χ0n) is 18.0. The average Bonchev–Trinajstić information content (AvgIpc) is 2.97. The van der Waals surface area contributed by atoms with E-state index in [1.54, 1.807) is 6.08 Å². The summed E-state index contributed by atoms with van der Waals surface area (Å²) < 4.78 is 5.89. The highest BCUT2D eigenvalue weighted by Crippen LogP contribution is 2.63. The minimum atomic E-state index is -0.628. The van der Waals surface area contributed by atoms with Crippen LogP contribution in [0.4, 0.5) is 0 Å². The van der Waals surface area contributed by atoms with Gasteiger partial charge in [0.1, 0.15) is 11.9 Å². The predicted molar refractivity (Wildman–Crippen MR) is 110 cm³/mol. The summed E-state index contributed by atoms with van der Waals surface area (Å²) in [6.45, 7) is 12.2. The molecule has 0 aromatic rings. The van der Waals surface area contributed by atoms with Crippen molar-refractivity contribution in [3.63, 3.8) is 0 Å². The topological polar surface area (TPSA) is 43.4 Å². The number of hydrogen-bond donors (Lipinski definition) is 0.